The van der Waals surface area contributed by atoms with Gasteiger partial charge < -0.3 is 15.5 Å². The van der Waals surface area contributed by atoms with E-state index in [1.54, 1.807) is 28.9 Å². The van der Waals surface area contributed by atoms with Gasteiger partial charge in [-0.25, -0.2) is 0 Å². The van der Waals surface area contributed by atoms with Crippen LogP contribution in [0.3, 0.4) is 0 Å². The molecule has 1 fully saturated rings. The monoisotopic (exact) mass is 604 g/mol. The van der Waals surface area contributed by atoms with Crippen LogP contribution >= 0.6 is 21.6 Å². The Bertz CT molecular complexity index is 1280. The van der Waals surface area contributed by atoms with Crippen molar-refractivity contribution >= 4 is 39.3 Å². The molecule has 0 saturated carbocycles. The lowest BCUT2D eigenvalue weighted by Crippen LogP contribution is -2.56. The number of pyridine rings is 1. The maximum atomic E-state index is 14.2. The molecular formula is C33H40N4O3S2. The van der Waals surface area contributed by atoms with Crippen molar-refractivity contribution in [2.75, 3.05) is 13.6 Å². The van der Waals surface area contributed by atoms with Crippen molar-refractivity contribution in [2.45, 2.75) is 68.0 Å². The van der Waals surface area contributed by atoms with Crippen molar-refractivity contribution in [3.05, 3.63) is 102 Å². The van der Waals surface area contributed by atoms with Gasteiger partial charge >= 0.3 is 0 Å². The molecule has 0 bridgehead atoms. The van der Waals surface area contributed by atoms with Crippen molar-refractivity contribution in [1.29, 1.82) is 0 Å². The first-order valence-corrected chi connectivity index (χ1v) is 17.0. The predicted octanol–water partition coefficient (Wildman–Crippen LogP) is 5.38. The van der Waals surface area contributed by atoms with Gasteiger partial charge in [0, 0.05) is 32.0 Å². The van der Waals surface area contributed by atoms with E-state index in [9.17, 15) is 14.4 Å². The molecule has 4 atom stereocenters. The van der Waals surface area contributed by atoms with Crippen molar-refractivity contribution in [1.82, 2.24) is 20.5 Å². The van der Waals surface area contributed by atoms with E-state index in [-0.39, 0.29) is 28.9 Å². The van der Waals surface area contributed by atoms with Gasteiger partial charge in [0.2, 0.25) is 17.7 Å². The maximum absolute atomic E-state index is 14.2. The lowest BCUT2D eigenvalue weighted by molar-refractivity contribution is -0.142. The van der Waals surface area contributed by atoms with E-state index in [1.807, 2.05) is 66.7 Å². The van der Waals surface area contributed by atoms with Crippen molar-refractivity contribution in [2.24, 2.45) is 0 Å². The molecule has 0 unspecified atom stereocenters. The quantitative estimate of drug-likeness (QED) is 0.255. The summed E-state index contributed by atoms with van der Waals surface area (Å²) >= 11 is 0. The van der Waals surface area contributed by atoms with Crippen LogP contribution in [-0.4, -0.2) is 58.5 Å². The van der Waals surface area contributed by atoms with Gasteiger partial charge in [0.25, 0.3) is 0 Å². The van der Waals surface area contributed by atoms with E-state index in [4.69, 9.17) is 0 Å². The fraction of sp³-hybridized carbons (Fsp3) is 0.394. The SMILES string of the molecule is CCC[C@H](SSCc1ccccn1)C(=O)N[C@H]1C[C@@H](c2ccccc2)CCN([C@@H](Cc2ccccc2)C(=O)NC)C1=O. The first-order chi connectivity index (χ1) is 20.5. The van der Waals surface area contributed by atoms with Crippen LogP contribution in [0.2, 0.25) is 0 Å². The highest BCUT2D eigenvalue weighted by molar-refractivity contribution is 8.76. The average molecular weight is 605 g/mol. The Balaban J connectivity index is 1.55. The molecule has 4 rings (SSSR count). The number of nitrogens with zero attached hydrogens (tertiary/aromatic N) is 2. The van der Waals surface area contributed by atoms with E-state index in [0.29, 0.717) is 38.0 Å². The minimum atomic E-state index is -0.728. The Labute approximate surface area is 257 Å². The van der Waals surface area contributed by atoms with Gasteiger partial charge in [-0.3, -0.25) is 19.4 Å². The summed E-state index contributed by atoms with van der Waals surface area (Å²) in [5.74, 6) is 0.220. The van der Waals surface area contributed by atoms with Gasteiger partial charge in [-0.2, -0.15) is 0 Å². The fourth-order valence-electron chi connectivity index (χ4n) is 5.32. The molecule has 9 heteroatoms. The van der Waals surface area contributed by atoms with Crippen LogP contribution in [0.4, 0.5) is 0 Å². The lowest BCUT2D eigenvalue weighted by atomic mass is 9.90. The highest BCUT2D eigenvalue weighted by atomic mass is 33.1. The van der Waals surface area contributed by atoms with Gasteiger partial charge in [-0.1, -0.05) is 102 Å². The standard InChI is InChI=1S/C33H40N4O3S2/c1-3-12-30(42-41-23-27-17-10-11-19-35-27)32(39)36-28-22-26(25-15-8-5-9-16-25)18-20-37(33(28)40)29(31(38)34-2)21-24-13-6-4-7-14-24/h4-11,13-17,19,26,28-30H,3,12,18,20-23H2,1-2H3,(H,34,38)(H,36,39)/t26-,28-,29-,30-/m0/s1. The van der Waals surface area contributed by atoms with E-state index in [0.717, 1.165) is 23.2 Å². The Morgan fingerprint density at radius 1 is 1.00 bits per heavy atom. The third-order valence-electron chi connectivity index (χ3n) is 7.56. The lowest BCUT2D eigenvalue weighted by Gasteiger charge is -2.32. The second-order valence-electron chi connectivity index (χ2n) is 10.5. The molecule has 0 spiro atoms. The average Bonchev–Trinajstić information content (AvgIpc) is 3.19. The number of carbonyl (C=O) groups excluding carboxylic acids is 3. The molecule has 0 radical (unpaired) electrons. The Hall–Kier alpha value is -3.30. The molecule has 2 heterocycles. The van der Waals surface area contributed by atoms with Crippen molar-refractivity contribution < 1.29 is 14.4 Å². The molecule has 0 aliphatic carbocycles. The topological polar surface area (TPSA) is 91.4 Å². The van der Waals surface area contributed by atoms with Crippen LogP contribution in [0.15, 0.2) is 85.1 Å². The molecule has 42 heavy (non-hydrogen) atoms. The van der Waals surface area contributed by atoms with E-state index < -0.39 is 12.1 Å². The molecule has 7 nitrogen and oxygen atoms in total. The van der Waals surface area contributed by atoms with Crippen LogP contribution in [0.1, 0.15) is 55.3 Å². The highest BCUT2D eigenvalue weighted by Crippen LogP contribution is 2.34. The Kier molecular flexibility index (Phi) is 12.3. The number of amides is 3. The molecule has 2 aromatic carbocycles. The van der Waals surface area contributed by atoms with Crippen molar-refractivity contribution in [3.63, 3.8) is 0 Å². The number of likely N-dealkylation sites (N-methyl/N-ethyl adjacent to an activating group) is 1. The number of aromatic nitrogens is 1. The minimum Gasteiger partial charge on any atom is -0.357 e. The molecule has 1 aromatic heterocycles. The van der Waals surface area contributed by atoms with Gasteiger partial charge in [0.05, 0.1) is 10.9 Å². The van der Waals surface area contributed by atoms with E-state index in [2.05, 4.69) is 34.7 Å². The molecule has 2 N–H and O–H groups in total. The largest absolute Gasteiger partial charge is 0.357 e. The highest BCUT2D eigenvalue weighted by Gasteiger charge is 2.39. The molecule has 1 saturated heterocycles. The zero-order chi connectivity index (χ0) is 29.7. The van der Waals surface area contributed by atoms with Crippen LogP contribution in [0.5, 0.6) is 0 Å². The van der Waals surface area contributed by atoms with Crippen LogP contribution in [0.25, 0.3) is 0 Å². The second-order valence-corrected chi connectivity index (χ2v) is 13.1. The second kappa shape index (κ2) is 16.4. The molecule has 3 aromatic rings. The van der Waals surface area contributed by atoms with Gasteiger partial charge in [-0.15, -0.1) is 0 Å². The zero-order valence-corrected chi connectivity index (χ0v) is 25.9. The fourth-order valence-corrected chi connectivity index (χ4v) is 7.95. The summed E-state index contributed by atoms with van der Waals surface area (Å²) in [6.45, 7) is 2.49. The van der Waals surface area contributed by atoms with E-state index in [1.165, 1.54) is 10.8 Å². The number of hydrogen-bond donors (Lipinski definition) is 2. The number of benzene rings is 2. The van der Waals surface area contributed by atoms with Gasteiger partial charge in [-0.05, 0) is 48.4 Å². The molecule has 1 aliphatic rings. The number of nitrogens with one attached hydrogen (secondary N) is 2. The first-order valence-electron chi connectivity index (χ1n) is 14.6. The Morgan fingerprint density at radius 2 is 1.71 bits per heavy atom. The zero-order valence-electron chi connectivity index (χ0n) is 24.3. The summed E-state index contributed by atoms with van der Waals surface area (Å²) in [4.78, 5) is 47.1. The minimum absolute atomic E-state index is 0.0725. The number of hydrogen-bond acceptors (Lipinski definition) is 6. The molecule has 1 aliphatic heterocycles. The summed E-state index contributed by atoms with van der Waals surface area (Å²) in [5, 5.41) is 5.60. The third kappa shape index (κ3) is 8.85. The summed E-state index contributed by atoms with van der Waals surface area (Å²) in [7, 11) is 4.74. The third-order valence-corrected chi connectivity index (χ3v) is 10.3. The molecular weight excluding hydrogens is 565 g/mol. The summed E-state index contributed by atoms with van der Waals surface area (Å²) in [6.07, 6.45) is 4.92. The maximum Gasteiger partial charge on any atom is 0.245 e. The summed E-state index contributed by atoms with van der Waals surface area (Å²) < 4.78 is 0. The van der Waals surface area contributed by atoms with Crippen LogP contribution in [0, 0.1) is 0 Å². The van der Waals surface area contributed by atoms with E-state index >= 15 is 0 Å². The van der Waals surface area contributed by atoms with Gasteiger partial charge in [0.15, 0.2) is 0 Å². The van der Waals surface area contributed by atoms with Gasteiger partial charge in [0.1, 0.15) is 12.1 Å². The normalized spacial score (nSPS) is 18.5. The van der Waals surface area contributed by atoms with Crippen molar-refractivity contribution in [3.8, 4) is 0 Å². The van der Waals surface area contributed by atoms with Crippen LogP contribution < -0.4 is 10.6 Å². The number of likely N-dealkylation sites (tertiary alicyclic amines) is 1. The first kappa shape index (κ1) is 31.6. The Morgan fingerprint density at radius 3 is 2.38 bits per heavy atom. The summed E-state index contributed by atoms with van der Waals surface area (Å²) in [6, 6.07) is 24.3. The van der Waals surface area contributed by atoms with Crippen LogP contribution in [-0.2, 0) is 26.6 Å². The smallest absolute Gasteiger partial charge is 0.245 e. The number of carbonyl (C=O) groups is 3. The molecule has 3 amide bonds. The summed E-state index contributed by atoms with van der Waals surface area (Å²) in [5.41, 5.74) is 3.08. The predicted molar refractivity (Wildman–Crippen MR) is 172 cm³/mol. The number of rotatable bonds is 13. The molecule has 222 valence electrons.